The molecule has 6 heteroatoms. The molecule has 4 aromatic heterocycles. The van der Waals surface area contributed by atoms with Crippen LogP contribution in [0, 0.1) is 0 Å². The summed E-state index contributed by atoms with van der Waals surface area (Å²) in [6.07, 6.45) is 0. The summed E-state index contributed by atoms with van der Waals surface area (Å²) in [5.74, 6) is 0.881. The molecule has 0 amide bonds. The highest BCUT2D eigenvalue weighted by Crippen LogP contribution is 2.47. The highest BCUT2D eigenvalue weighted by molar-refractivity contribution is 7.25. The first kappa shape index (κ1) is 41.2. The summed E-state index contributed by atoms with van der Waals surface area (Å²) in [4.78, 5) is 0. The summed E-state index contributed by atoms with van der Waals surface area (Å²) < 4.78 is 18.8. The topological polar surface area (TPSA) is 43.2 Å². The lowest BCUT2D eigenvalue weighted by Gasteiger charge is -2.24. The molecule has 13 aromatic rings. The van der Waals surface area contributed by atoms with Crippen molar-refractivity contribution in [3.05, 3.63) is 187 Å². The van der Waals surface area contributed by atoms with Crippen LogP contribution in [0.5, 0.6) is 0 Å². The number of hydrogen-bond acceptors (Lipinski definition) is 4. The molecule has 1 N–H and O–H groups in total. The largest absolute Gasteiger partial charge is 0.456 e. The second-order valence-corrected chi connectivity index (χ2v) is 22.5. The smallest absolute Gasteiger partial charge is 0.198 e. The molecule has 4 nitrogen and oxygen atoms in total. The molecular formula is C64H49BN2O2S. The van der Waals surface area contributed by atoms with Crippen molar-refractivity contribution in [1.82, 2.24) is 4.57 Å². The standard InChI is InChI=1S/C64H49BN2O2S/c1-63(2,3)38-21-24-40(25-22-38)66-51-34-58-48(42-26-23-39(64(4,5)6)29-57(42)70-58)30-45(51)43-27-28-44-46-31-47-41-19-13-14-20-54(41)68-56(47)35-52(46)67-53-32-49-55(33-50(53)65-60(43)61(44)67)69-62(37-17-11-8-12-18-37)59(49)36-15-9-7-10-16-36/h7-35,65-66H,1-6H3. The zero-order chi connectivity index (χ0) is 47.2. The lowest BCUT2D eigenvalue weighted by atomic mass is 9.59. The molecule has 0 saturated heterocycles. The normalized spacial score (nSPS) is 12.8. The Kier molecular flexibility index (Phi) is 8.74. The Morgan fingerprint density at radius 1 is 0.486 bits per heavy atom. The third-order valence-electron chi connectivity index (χ3n) is 14.9. The number of furan rings is 2. The Morgan fingerprint density at radius 3 is 1.94 bits per heavy atom. The Hall–Kier alpha value is -7.80. The molecule has 0 atom stereocenters. The summed E-state index contributed by atoms with van der Waals surface area (Å²) >= 11 is 1.89. The van der Waals surface area contributed by atoms with Gasteiger partial charge in [0.25, 0.3) is 0 Å². The van der Waals surface area contributed by atoms with E-state index in [0.717, 1.165) is 85.2 Å². The SMILES string of the molecule is CC(C)(C)c1ccc(Nc2cc3sc4cc(C(C)(C)C)ccc4c3cc2-c2ccc3c4cc5c(cc4n4c3c2Bc2cc3oc(-c6ccccc6)c(-c6ccccc6)c3cc2-4)oc2ccccc25)cc1. The average molecular weight is 921 g/mol. The number of rotatable bonds is 5. The van der Waals surface area contributed by atoms with Crippen LogP contribution in [0.4, 0.5) is 11.4 Å². The van der Waals surface area contributed by atoms with Gasteiger partial charge in [-0.25, -0.2) is 0 Å². The Labute approximate surface area is 411 Å². The van der Waals surface area contributed by atoms with E-state index >= 15 is 0 Å². The maximum absolute atomic E-state index is 7.03. The Morgan fingerprint density at radius 2 is 1.17 bits per heavy atom. The average Bonchev–Trinajstić information content (AvgIpc) is 4.12. The van der Waals surface area contributed by atoms with Gasteiger partial charge >= 0.3 is 0 Å². The first-order valence-electron chi connectivity index (χ1n) is 24.4. The lowest BCUT2D eigenvalue weighted by Crippen LogP contribution is -2.37. The van der Waals surface area contributed by atoms with Crippen LogP contribution < -0.4 is 16.2 Å². The van der Waals surface area contributed by atoms with Gasteiger partial charge in [0.15, 0.2) is 7.28 Å². The fourth-order valence-electron chi connectivity index (χ4n) is 11.3. The quantitative estimate of drug-likeness (QED) is 0.175. The van der Waals surface area contributed by atoms with Crippen molar-refractivity contribution >= 4 is 116 Å². The number of nitrogens with one attached hydrogen (secondary N) is 1. The monoisotopic (exact) mass is 920 g/mol. The minimum absolute atomic E-state index is 0.0530. The molecule has 0 radical (unpaired) electrons. The predicted octanol–water partition coefficient (Wildman–Crippen LogP) is 16.8. The Balaban J connectivity index is 1.06. The fraction of sp³-hybridized carbons (Fsp3) is 0.125. The highest BCUT2D eigenvalue weighted by atomic mass is 32.1. The van der Waals surface area contributed by atoms with Gasteiger partial charge < -0.3 is 18.7 Å². The number of nitrogens with zero attached hydrogens (tertiary/aromatic N) is 1. The van der Waals surface area contributed by atoms with Crippen LogP contribution >= 0.6 is 11.3 Å². The fourth-order valence-corrected chi connectivity index (χ4v) is 12.5. The van der Waals surface area contributed by atoms with Gasteiger partial charge in [-0.1, -0.05) is 162 Å². The van der Waals surface area contributed by atoms with Crippen molar-refractivity contribution in [3.63, 3.8) is 0 Å². The summed E-state index contributed by atoms with van der Waals surface area (Å²) in [5.41, 5.74) is 19.3. The summed E-state index contributed by atoms with van der Waals surface area (Å²) in [7, 11) is 0.729. The van der Waals surface area contributed by atoms with Crippen molar-refractivity contribution in [2.45, 2.75) is 52.4 Å². The van der Waals surface area contributed by atoms with Crippen LogP contribution in [0.15, 0.2) is 185 Å². The van der Waals surface area contributed by atoms with Crippen molar-refractivity contribution in [3.8, 4) is 39.3 Å². The lowest BCUT2D eigenvalue weighted by molar-refractivity contribution is 0.590. The third kappa shape index (κ3) is 6.29. The molecular weight excluding hydrogens is 872 g/mol. The number of thiophene rings is 1. The first-order chi connectivity index (χ1) is 33.9. The first-order valence-corrected chi connectivity index (χ1v) is 25.3. The molecule has 1 aliphatic rings. The van der Waals surface area contributed by atoms with E-state index < -0.39 is 0 Å². The number of aromatic nitrogens is 1. The van der Waals surface area contributed by atoms with Gasteiger partial charge in [-0.05, 0) is 93.1 Å². The van der Waals surface area contributed by atoms with Crippen molar-refractivity contribution in [1.29, 1.82) is 0 Å². The summed E-state index contributed by atoms with van der Waals surface area (Å²) in [5, 5.41) is 12.3. The molecule has 0 saturated carbocycles. The predicted molar refractivity (Wildman–Crippen MR) is 301 cm³/mol. The van der Waals surface area contributed by atoms with E-state index in [4.69, 9.17) is 8.83 Å². The number of hydrogen-bond donors (Lipinski definition) is 1. The van der Waals surface area contributed by atoms with E-state index in [-0.39, 0.29) is 10.8 Å². The van der Waals surface area contributed by atoms with Crippen LogP contribution in [0.3, 0.4) is 0 Å². The number of fused-ring (bicyclic) bond motifs is 12. The van der Waals surface area contributed by atoms with Gasteiger partial charge in [0.2, 0.25) is 0 Å². The number of anilines is 2. The van der Waals surface area contributed by atoms with Crippen LogP contribution in [0.1, 0.15) is 52.7 Å². The molecule has 9 aromatic carbocycles. The van der Waals surface area contributed by atoms with Crippen LogP contribution in [0.2, 0.25) is 0 Å². The number of para-hydroxylation sites is 1. The molecule has 0 unspecified atom stereocenters. The van der Waals surface area contributed by atoms with E-state index in [9.17, 15) is 0 Å². The van der Waals surface area contributed by atoms with Crippen molar-refractivity contribution < 1.29 is 8.83 Å². The number of benzene rings is 9. The zero-order valence-corrected chi connectivity index (χ0v) is 40.9. The minimum Gasteiger partial charge on any atom is -0.456 e. The maximum atomic E-state index is 7.03. The molecule has 0 bridgehead atoms. The second kappa shape index (κ2) is 14.9. The van der Waals surface area contributed by atoms with Crippen molar-refractivity contribution in [2.75, 3.05) is 5.32 Å². The highest BCUT2D eigenvalue weighted by Gasteiger charge is 2.30. The molecule has 0 fully saturated rings. The van der Waals surface area contributed by atoms with Crippen LogP contribution in [-0.4, -0.2) is 11.8 Å². The van der Waals surface area contributed by atoms with Gasteiger partial charge in [-0.2, -0.15) is 0 Å². The Bertz CT molecular complexity index is 4290. The van der Waals surface area contributed by atoms with Crippen LogP contribution in [-0.2, 0) is 10.8 Å². The van der Waals surface area contributed by atoms with E-state index in [1.807, 2.05) is 11.3 Å². The van der Waals surface area contributed by atoms with Gasteiger partial charge in [0.05, 0.1) is 5.52 Å². The molecule has 14 rings (SSSR count). The molecule has 70 heavy (non-hydrogen) atoms. The van der Waals surface area contributed by atoms with E-state index in [1.165, 1.54) is 69.6 Å². The van der Waals surface area contributed by atoms with Gasteiger partial charge in [0.1, 0.15) is 22.5 Å². The summed E-state index contributed by atoms with van der Waals surface area (Å²) in [6, 6.07) is 64.7. The molecule has 5 heterocycles. The van der Waals surface area contributed by atoms with E-state index in [2.05, 4.69) is 227 Å². The van der Waals surface area contributed by atoms with Gasteiger partial charge in [-0.15, -0.1) is 11.3 Å². The molecule has 0 aliphatic carbocycles. The second-order valence-electron chi connectivity index (χ2n) is 21.4. The molecule has 0 spiro atoms. The molecule has 336 valence electrons. The third-order valence-corrected chi connectivity index (χ3v) is 16.0. The van der Waals surface area contributed by atoms with Gasteiger partial charge in [-0.3, -0.25) is 0 Å². The molecule has 1 aliphatic heterocycles. The van der Waals surface area contributed by atoms with E-state index in [1.54, 1.807) is 0 Å². The minimum atomic E-state index is 0.0530. The summed E-state index contributed by atoms with van der Waals surface area (Å²) in [6.45, 7) is 13.7. The maximum Gasteiger partial charge on any atom is 0.198 e. The van der Waals surface area contributed by atoms with Crippen LogP contribution in [0.25, 0.3) is 114 Å². The van der Waals surface area contributed by atoms with Gasteiger partial charge in [0, 0.05) is 92.4 Å². The zero-order valence-electron chi connectivity index (χ0n) is 40.1. The van der Waals surface area contributed by atoms with Crippen molar-refractivity contribution in [2.24, 2.45) is 0 Å². The van der Waals surface area contributed by atoms with E-state index in [0.29, 0.717) is 0 Å².